The summed E-state index contributed by atoms with van der Waals surface area (Å²) < 4.78 is 0.502. The smallest absolute Gasteiger partial charge is 0.251 e. The van der Waals surface area contributed by atoms with Gasteiger partial charge in [0.05, 0.1) is 4.58 Å². The van der Waals surface area contributed by atoms with Crippen molar-refractivity contribution < 1.29 is 4.79 Å². The quantitative estimate of drug-likeness (QED) is 0.849. The van der Waals surface area contributed by atoms with E-state index in [0.29, 0.717) is 16.7 Å². The normalized spacial score (nSPS) is 16.5. The van der Waals surface area contributed by atoms with Gasteiger partial charge in [0, 0.05) is 18.2 Å². The zero-order chi connectivity index (χ0) is 16.8. The minimum atomic E-state index is -0.190. The fourth-order valence-corrected chi connectivity index (χ4v) is 5.49. The van der Waals surface area contributed by atoms with Crippen molar-refractivity contribution in [3.63, 3.8) is 0 Å². The Balaban J connectivity index is 1.55. The molecule has 2 aromatic rings. The first-order chi connectivity index (χ1) is 11.7. The van der Waals surface area contributed by atoms with Crippen LogP contribution in [0, 0.1) is 0 Å². The van der Waals surface area contributed by atoms with Crippen LogP contribution in [0.4, 0.5) is 0 Å². The second kappa shape index (κ2) is 8.60. The highest BCUT2D eigenvalue weighted by Gasteiger charge is 2.17. The van der Waals surface area contributed by atoms with E-state index in [9.17, 15) is 4.79 Å². The van der Waals surface area contributed by atoms with E-state index in [1.807, 2.05) is 66.0 Å². The number of carbonyl (C=O) groups excluding carboxylic acids is 1. The highest BCUT2D eigenvalue weighted by atomic mass is 32.2. The van der Waals surface area contributed by atoms with Crippen LogP contribution in [0.15, 0.2) is 54.6 Å². The van der Waals surface area contributed by atoms with Gasteiger partial charge >= 0.3 is 0 Å². The van der Waals surface area contributed by atoms with Gasteiger partial charge in [0.1, 0.15) is 0 Å². The summed E-state index contributed by atoms with van der Waals surface area (Å²) in [6, 6.07) is 17.6. The first-order valence-electron chi connectivity index (χ1n) is 8.16. The van der Waals surface area contributed by atoms with E-state index >= 15 is 0 Å². The molecule has 1 aliphatic heterocycles. The van der Waals surface area contributed by atoms with Gasteiger partial charge in [-0.1, -0.05) is 42.5 Å². The number of nitrogens with two attached hydrogens (primary N) is 1. The molecule has 1 saturated heterocycles. The highest BCUT2D eigenvalue weighted by Crippen LogP contribution is 2.43. The molecule has 3 rings (SSSR count). The number of nitrogens with one attached hydrogen (secondary N) is 1. The van der Waals surface area contributed by atoms with Gasteiger partial charge in [-0.05, 0) is 41.2 Å². The monoisotopic (exact) mass is 358 g/mol. The summed E-state index contributed by atoms with van der Waals surface area (Å²) in [5.74, 6) is 2.37. The molecule has 24 heavy (non-hydrogen) atoms. The first-order valence-corrected chi connectivity index (χ1v) is 10.3. The third-order valence-corrected chi connectivity index (χ3v) is 7.00. The molecule has 0 bridgehead atoms. The lowest BCUT2D eigenvalue weighted by Gasteiger charge is -2.21. The number of thioether (sulfide) groups is 2. The molecule has 0 saturated carbocycles. The Morgan fingerprint density at radius 3 is 2.42 bits per heavy atom. The largest absolute Gasteiger partial charge is 0.350 e. The van der Waals surface area contributed by atoms with Crippen LogP contribution in [0.25, 0.3) is 0 Å². The molecule has 0 spiro atoms. The number of hydrogen-bond acceptors (Lipinski definition) is 4. The van der Waals surface area contributed by atoms with Crippen LogP contribution in [0.5, 0.6) is 0 Å². The SMILES string of the molecule is NC(CNC(=O)c1ccc(C2SCCCS2)cc1)c1ccccc1. The molecular weight excluding hydrogens is 336 g/mol. The minimum absolute atomic E-state index is 0.0723. The number of benzene rings is 2. The van der Waals surface area contributed by atoms with Crippen LogP contribution < -0.4 is 11.1 Å². The topological polar surface area (TPSA) is 55.1 Å². The minimum Gasteiger partial charge on any atom is -0.350 e. The maximum absolute atomic E-state index is 12.3. The Morgan fingerprint density at radius 1 is 1.08 bits per heavy atom. The standard InChI is InChI=1S/C19H22N2OS2/c20-17(14-5-2-1-3-6-14)13-21-18(22)15-7-9-16(10-8-15)19-23-11-4-12-24-19/h1-3,5-10,17,19H,4,11-13,20H2,(H,21,22). The molecule has 3 nitrogen and oxygen atoms in total. The second-order valence-corrected chi connectivity index (χ2v) is 8.50. The predicted octanol–water partition coefficient (Wildman–Crippen LogP) is 3.99. The highest BCUT2D eigenvalue weighted by molar-refractivity contribution is 8.16. The third-order valence-electron chi connectivity index (χ3n) is 3.98. The molecular formula is C19H22N2OS2. The van der Waals surface area contributed by atoms with Gasteiger partial charge in [-0.3, -0.25) is 4.79 Å². The predicted molar refractivity (Wildman–Crippen MR) is 104 cm³/mol. The van der Waals surface area contributed by atoms with Crippen LogP contribution in [0.2, 0.25) is 0 Å². The lowest BCUT2D eigenvalue weighted by atomic mass is 10.1. The zero-order valence-electron chi connectivity index (χ0n) is 13.5. The van der Waals surface area contributed by atoms with Crippen molar-refractivity contribution in [2.75, 3.05) is 18.1 Å². The lowest BCUT2D eigenvalue weighted by molar-refractivity contribution is 0.0951. The first kappa shape index (κ1) is 17.4. The maximum atomic E-state index is 12.3. The molecule has 3 N–H and O–H groups in total. The van der Waals surface area contributed by atoms with E-state index in [1.165, 1.54) is 23.5 Å². The van der Waals surface area contributed by atoms with Gasteiger partial charge in [-0.15, -0.1) is 23.5 Å². The molecule has 126 valence electrons. The second-order valence-electron chi connectivity index (χ2n) is 5.78. The number of carbonyl (C=O) groups is 1. The average Bonchev–Trinajstić information content (AvgIpc) is 2.67. The van der Waals surface area contributed by atoms with Crippen molar-refractivity contribution >= 4 is 29.4 Å². The Morgan fingerprint density at radius 2 is 1.75 bits per heavy atom. The van der Waals surface area contributed by atoms with Crippen molar-refractivity contribution in [2.45, 2.75) is 17.0 Å². The summed E-state index contributed by atoms with van der Waals surface area (Å²) in [7, 11) is 0. The third kappa shape index (κ3) is 4.56. The molecule has 1 fully saturated rings. The molecule has 1 amide bonds. The van der Waals surface area contributed by atoms with Gasteiger partial charge in [0.2, 0.25) is 0 Å². The lowest BCUT2D eigenvalue weighted by Crippen LogP contribution is -2.31. The Hall–Kier alpha value is -1.43. The van der Waals surface area contributed by atoms with Crippen molar-refractivity contribution in [1.82, 2.24) is 5.32 Å². The van der Waals surface area contributed by atoms with Crippen LogP contribution in [-0.4, -0.2) is 24.0 Å². The Labute approximate surface area is 151 Å². The van der Waals surface area contributed by atoms with Crippen LogP contribution >= 0.6 is 23.5 Å². The van der Waals surface area contributed by atoms with Crippen molar-refractivity contribution in [3.8, 4) is 0 Å². The van der Waals surface area contributed by atoms with Crippen molar-refractivity contribution in [2.24, 2.45) is 5.73 Å². The van der Waals surface area contributed by atoms with Gasteiger partial charge in [-0.2, -0.15) is 0 Å². The van der Waals surface area contributed by atoms with Gasteiger partial charge < -0.3 is 11.1 Å². The Bertz CT molecular complexity index is 655. The van der Waals surface area contributed by atoms with E-state index in [2.05, 4.69) is 17.4 Å². The van der Waals surface area contributed by atoms with Gasteiger partial charge in [-0.25, -0.2) is 0 Å². The number of hydrogen-bond donors (Lipinski definition) is 2. The summed E-state index contributed by atoms with van der Waals surface area (Å²) in [6.45, 7) is 0.429. The molecule has 0 aromatic heterocycles. The van der Waals surface area contributed by atoms with Gasteiger partial charge in [0.15, 0.2) is 0 Å². The maximum Gasteiger partial charge on any atom is 0.251 e. The molecule has 0 aliphatic carbocycles. The van der Waals surface area contributed by atoms with E-state index in [1.54, 1.807) is 0 Å². The number of rotatable bonds is 5. The van der Waals surface area contributed by atoms with E-state index in [4.69, 9.17) is 5.73 Å². The zero-order valence-corrected chi connectivity index (χ0v) is 15.1. The fourth-order valence-electron chi connectivity index (χ4n) is 2.59. The average molecular weight is 359 g/mol. The van der Waals surface area contributed by atoms with E-state index in [0.717, 1.165) is 5.56 Å². The summed E-state index contributed by atoms with van der Waals surface area (Å²) in [5.41, 5.74) is 9.13. The fraction of sp³-hybridized carbons (Fsp3) is 0.316. The van der Waals surface area contributed by atoms with Gasteiger partial charge in [0.25, 0.3) is 5.91 Å². The summed E-state index contributed by atoms with van der Waals surface area (Å²) in [6.07, 6.45) is 1.29. The molecule has 2 aromatic carbocycles. The summed E-state index contributed by atoms with van der Waals surface area (Å²) in [4.78, 5) is 12.3. The molecule has 5 heteroatoms. The van der Waals surface area contributed by atoms with E-state index in [-0.39, 0.29) is 11.9 Å². The molecule has 1 unspecified atom stereocenters. The summed E-state index contributed by atoms with van der Waals surface area (Å²) >= 11 is 3.98. The van der Waals surface area contributed by atoms with Crippen molar-refractivity contribution in [3.05, 3.63) is 71.3 Å². The number of amides is 1. The van der Waals surface area contributed by atoms with Crippen LogP contribution in [0.1, 0.15) is 38.5 Å². The van der Waals surface area contributed by atoms with Crippen molar-refractivity contribution in [1.29, 1.82) is 0 Å². The Kier molecular flexibility index (Phi) is 6.24. The van der Waals surface area contributed by atoms with Crippen LogP contribution in [0.3, 0.4) is 0 Å². The summed E-state index contributed by atoms with van der Waals surface area (Å²) in [5, 5.41) is 2.92. The molecule has 1 atom stereocenters. The molecule has 1 heterocycles. The van der Waals surface area contributed by atoms with E-state index < -0.39 is 0 Å². The molecule has 0 radical (unpaired) electrons. The molecule has 1 aliphatic rings. The van der Waals surface area contributed by atoms with Crippen LogP contribution in [-0.2, 0) is 0 Å².